The van der Waals surface area contributed by atoms with Crippen molar-refractivity contribution in [3.05, 3.63) is 32.4 Å². The normalized spacial score (nSPS) is 12.6. The Bertz CT molecular complexity index is 756. The Balaban J connectivity index is 2.34. The summed E-state index contributed by atoms with van der Waals surface area (Å²) in [6.07, 6.45) is 0. The highest BCUT2D eigenvalue weighted by Crippen LogP contribution is 2.15. The Morgan fingerprint density at radius 1 is 1.35 bits per heavy atom. The van der Waals surface area contributed by atoms with Gasteiger partial charge in [-0.15, -0.1) is 9.84 Å². The van der Waals surface area contributed by atoms with Gasteiger partial charge in [0.25, 0.3) is 0 Å². The second-order valence-electron chi connectivity index (χ2n) is 4.74. The van der Waals surface area contributed by atoms with Crippen LogP contribution in [0.5, 0.6) is 0 Å². The van der Waals surface area contributed by atoms with E-state index in [1.165, 1.54) is 0 Å². The highest BCUT2D eigenvalue weighted by Gasteiger charge is 2.20. The molecule has 9 nitrogen and oxygen atoms in total. The van der Waals surface area contributed by atoms with Gasteiger partial charge in [0, 0.05) is 12.5 Å². The van der Waals surface area contributed by atoms with E-state index in [9.17, 15) is 9.59 Å². The molecule has 9 heteroatoms. The molecule has 0 aliphatic rings. The van der Waals surface area contributed by atoms with Crippen molar-refractivity contribution in [3.8, 4) is 6.07 Å². The van der Waals surface area contributed by atoms with Gasteiger partial charge in [0.1, 0.15) is 11.8 Å². The molecule has 2 aromatic heterocycles. The number of nitriles is 1. The average Bonchev–Trinajstić information content (AvgIpc) is 2.97. The minimum absolute atomic E-state index is 0.0715. The minimum atomic E-state index is -0.724. The lowest BCUT2D eigenvalue weighted by atomic mass is 10.1. The summed E-state index contributed by atoms with van der Waals surface area (Å²) in [5.41, 5.74) is 0.0492. The topological polar surface area (TPSA) is 122 Å². The molecule has 1 atom stereocenters. The Labute approximate surface area is 113 Å². The summed E-state index contributed by atoms with van der Waals surface area (Å²) in [4.78, 5) is 23.7. The molecule has 0 radical (unpaired) electrons. The molecular formula is C11H14N6O3. The van der Waals surface area contributed by atoms with Gasteiger partial charge < -0.3 is 4.52 Å². The van der Waals surface area contributed by atoms with E-state index in [1.54, 1.807) is 20.8 Å². The average molecular weight is 278 g/mol. The third kappa shape index (κ3) is 2.27. The number of hydrogen-bond acceptors (Lipinski definition) is 6. The lowest BCUT2D eigenvalue weighted by Gasteiger charge is -2.06. The largest absolute Gasteiger partial charge is 0.442 e. The van der Waals surface area contributed by atoms with Gasteiger partial charge in [-0.3, -0.25) is 0 Å². The van der Waals surface area contributed by atoms with Crippen molar-refractivity contribution < 1.29 is 4.52 Å². The number of rotatable bonds is 4. The zero-order chi connectivity index (χ0) is 14.9. The van der Waals surface area contributed by atoms with Crippen molar-refractivity contribution in [1.29, 1.82) is 5.26 Å². The quantitative estimate of drug-likeness (QED) is 0.838. The third-order valence-electron chi connectivity index (χ3n) is 2.89. The van der Waals surface area contributed by atoms with Gasteiger partial charge in [-0.05, 0) is 13.8 Å². The molecule has 0 aliphatic heterocycles. The summed E-state index contributed by atoms with van der Waals surface area (Å²) in [5, 5.41) is 18.8. The maximum Gasteiger partial charge on any atom is 0.442 e. The molecule has 0 fully saturated rings. The van der Waals surface area contributed by atoms with Crippen LogP contribution in [0.2, 0.25) is 0 Å². The molecule has 0 bridgehead atoms. The molecule has 2 heterocycles. The van der Waals surface area contributed by atoms with E-state index in [2.05, 4.69) is 15.4 Å². The molecule has 0 aromatic carbocycles. The molecule has 2 aromatic rings. The SMILES string of the molecule is CC(Cn1c(=O)on(C(C)C)c1=O)c1n[nH]nc1C#N. The van der Waals surface area contributed by atoms with Crippen molar-refractivity contribution in [1.82, 2.24) is 24.7 Å². The molecule has 1 N–H and O–H groups in total. The monoisotopic (exact) mass is 278 g/mol. The van der Waals surface area contributed by atoms with Gasteiger partial charge in [0.15, 0.2) is 5.69 Å². The molecule has 0 aliphatic carbocycles. The fourth-order valence-electron chi connectivity index (χ4n) is 1.87. The molecule has 0 spiro atoms. The summed E-state index contributed by atoms with van der Waals surface area (Å²) in [6.45, 7) is 5.30. The zero-order valence-electron chi connectivity index (χ0n) is 11.3. The van der Waals surface area contributed by atoms with E-state index >= 15 is 0 Å². The molecule has 2 rings (SSSR count). The van der Waals surface area contributed by atoms with E-state index in [0.717, 1.165) is 9.31 Å². The number of hydrogen-bond donors (Lipinski definition) is 1. The second kappa shape index (κ2) is 5.16. The lowest BCUT2D eigenvalue weighted by molar-refractivity contribution is 0.215. The predicted octanol–water partition coefficient (Wildman–Crippen LogP) is -0.0226. The van der Waals surface area contributed by atoms with Crippen molar-refractivity contribution in [2.24, 2.45) is 0 Å². The number of aromatic amines is 1. The van der Waals surface area contributed by atoms with E-state index in [4.69, 9.17) is 9.78 Å². The summed E-state index contributed by atoms with van der Waals surface area (Å²) in [5.74, 6) is -1.05. The maximum absolute atomic E-state index is 12.0. The molecule has 20 heavy (non-hydrogen) atoms. The first-order valence-electron chi connectivity index (χ1n) is 6.09. The fourth-order valence-corrected chi connectivity index (χ4v) is 1.87. The Morgan fingerprint density at radius 3 is 2.60 bits per heavy atom. The number of nitrogens with one attached hydrogen (secondary N) is 1. The number of H-pyrrole nitrogens is 1. The van der Waals surface area contributed by atoms with Crippen LogP contribution in [0.4, 0.5) is 0 Å². The highest BCUT2D eigenvalue weighted by atomic mass is 16.5. The van der Waals surface area contributed by atoms with E-state index < -0.39 is 11.4 Å². The minimum Gasteiger partial charge on any atom is -0.317 e. The molecule has 106 valence electrons. The Hall–Kier alpha value is -2.63. The molecule has 1 unspecified atom stereocenters. The molecule has 0 saturated carbocycles. The van der Waals surface area contributed by atoms with Gasteiger partial charge in [0.05, 0.1) is 6.04 Å². The maximum atomic E-state index is 12.0. The van der Waals surface area contributed by atoms with Gasteiger partial charge in [-0.2, -0.15) is 15.6 Å². The highest BCUT2D eigenvalue weighted by molar-refractivity contribution is 5.26. The van der Waals surface area contributed by atoms with Gasteiger partial charge >= 0.3 is 11.4 Å². The van der Waals surface area contributed by atoms with Crippen molar-refractivity contribution in [2.75, 3.05) is 0 Å². The molecule has 0 amide bonds. The smallest absolute Gasteiger partial charge is 0.317 e. The predicted molar refractivity (Wildman–Crippen MR) is 67.1 cm³/mol. The standard InChI is InChI=1S/C11H14N6O3/c1-6(2)17-10(18)16(11(19)20-17)5-7(3)9-8(4-12)13-15-14-9/h6-7H,5H2,1-3H3,(H,13,14,15). The van der Waals surface area contributed by atoms with Crippen molar-refractivity contribution >= 4 is 0 Å². The van der Waals surface area contributed by atoms with Crippen LogP contribution in [-0.2, 0) is 6.54 Å². The number of nitrogens with zero attached hydrogens (tertiary/aromatic N) is 5. The summed E-state index contributed by atoms with van der Waals surface area (Å²) >= 11 is 0. The van der Waals surface area contributed by atoms with Gasteiger partial charge in [0.2, 0.25) is 0 Å². The van der Waals surface area contributed by atoms with E-state index in [1.807, 2.05) is 6.07 Å². The fraction of sp³-hybridized carbons (Fsp3) is 0.545. The Morgan fingerprint density at radius 2 is 2.05 bits per heavy atom. The van der Waals surface area contributed by atoms with Crippen LogP contribution in [0.3, 0.4) is 0 Å². The molecular weight excluding hydrogens is 264 g/mol. The van der Waals surface area contributed by atoms with Crippen LogP contribution in [0.1, 0.15) is 44.1 Å². The van der Waals surface area contributed by atoms with Crippen LogP contribution >= 0.6 is 0 Å². The van der Waals surface area contributed by atoms with E-state index in [-0.39, 0.29) is 24.2 Å². The van der Waals surface area contributed by atoms with Crippen molar-refractivity contribution in [3.63, 3.8) is 0 Å². The molecule has 0 saturated heterocycles. The summed E-state index contributed by atoms with van der Waals surface area (Å²) < 4.78 is 6.89. The number of aromatic nitrogens is 5. The lowest BCUT2D eigenvalue weighted by Crippen LogP contribution is -2.31. The van der Waals surface area contributed by atoms with Gasteiger partial charge in [-0.1, -0.05) is 6.92 Å². The van der Waals surface area contributed by atoms with Crippen LogP contribution in [0, 0.1) is 11.3 Å². The summed E-state index contributed by atoms with van der Waals surface area (Å²) in [6, 6.07) is 1.65. The first-order valence-corrected chi connectivity index (χ1v) is 6.09. The van der Waals surface area contributed by atoms with E-state index in [0.29, 0.717) is 5.69 Å². The van der Waals surface area contributed by atoms with Crippen molar-refractivity contribution in [2.45, 2.75) is 39.3 Å². The summed E-state index contributed by atoms with van der Waals surface area (Å²) in [7, 11) is 0. The van der Waals surface area contributed by atoms with Crippen LogP contribution in [0.25, 0.3) is 0 Å². The van der Waals surface area contributed by atoms with Crippen LogP contribution < -0.4 is 11.4 Å². The second-order valence-corrected chi connectivity index (χ2v) is 4.74. The first-order chi connectivity index (χ1) is 9.45. The van der Waals surface area contributed by atoms with Gasteiger partial charge in [-0.25, -0.2) is 14.2 Å². The third-order valence-corrected chi connectivity index (χ3v) is 2.89. The van der Waals surface area contributed by atoms with Crippen LogP contribution in [0.15, 0.2) is 14.1 Å². The Kier molecular flexibility index (Phi) is 3.56. The first kappa shape index (κ1) is 13.8. The zero-order valence-corrected chi connectivity index (χ0v) is 11.3. The van der Waals surface area contributed by atoms with Crippen LogP contribution in [-0.4, -0.2) is 24.7 Å².